The van der Waals surface area contributed by atoms with Crippen molar-refractivity contribution in [1.82, 2.24) is 14.9 Å². The maximum absolute atomic E-state index is 12.8. The lowest BCUT2D eigenvalue weighted by Gasteiger charge is -2.36. The quantitative estimate of drug-likeness (QED) is 0.187. The van der Waals surface area contributed by atoms with Crippen molar-refractivity contribution in [3.63, 3.8) is 0 Å². The van der Waals surface area contributed by atoms with Gasteiger partial charge in [-0.1, -0.05) is 54.6 Å². The van der Waals surface area contributed by atoms with E-state index in [4.69, 9.17) is 4.74 Å². The number of nitrogens with one attached hydrogen (secondary N) is 1. The van der Waals surface area contributed by atoms with E-state index >= 15 is 0 Å². The van der Waals surface area contributed by atoms with Gasteiger partial charge in [0.15, 0.2) is 0 Å². The summed E-state index contributed by atoms with van der Waals surface area (Å²) in [6, 6.07) is 21.0. The standard InChI is InChI=1S/C36H40N4O5/c1-36(2,3)45-34(42)38-28-14-16-29(17-15-28)40(35(43)44)33-22-25(12-18-30(33)27-10-5-4-6-11-27)9-7-8-20-39-24-37-31-21-26(23-41)13-19-32(31)39/h4-7,9-13,18-19,21-24,28-29H,8,14-17,20H2,1-3H3,(H,38,42)(H,43,44). The highest BCUT2D eigenvalue weighted by molar-refractivity contribution is 5.94. The Morgan fingerprint density at radius 2 is 1.76 bits per heavy atom. The molecule has 9 nitrogen and oxygen atoms in total. The number of nitrogens with zero attached hydrogens (tertiary/aromatic N) is 3. The molecule has 5 rings (SSSR count). The zero-order chi connectivity index (χ0) is 32.0. The summed E-state index contributed by atoms with van der Waals surface area (Å²) in [5, 5.41) is 13.5. The molecular formula is C36H40N4O5. The number of imidazole rings is 1. The summed E-state index contributed by atoms with van der Waals surface area (Å²) in [5.41, 5.74) is 5.12. The van der Waals surface area contributed by atoms with Crippen molar-refractivity contribution in [3.05, 3.63) is 90.3 Å². The second kappa shape index (κ2) is 13.8. The highest BCUT2D eigenvalue weighted by Gasteiger charge is 2.32. The molecule has 1 aliphatic rings. The molecule has 1 saturated carbocycles. The molecule has 1 aromatic heterocycles. The summed E-state index contributed by atoms with van der Waals surface area (Å²) < 4.78 is 7.47. The third kappa shape index (κ3) is 7.98. The number of aryl methyl sites for hydroxylation is 1. The number of allylic oxidation sites excluding steroid dienone is 1. The van der Waals surface area contributed by atoms with Gasteiger partial charge in [-0.05, 0) is 88.3 Å². The van der Waals surface area contributed by atoms with E-state index in [2.05, 4.69) is 20.9 Å². The number of aldehydes is 1. The van der Waals surface area contributed by atoms with E-state index in [0.29, 0.717) is 43.5 Å². The van der Waals surface area contributed by atoms with E-state index < -0.39 is 17.8 Å². The average Bonchev–Trinajstić information content (AvgIpc) is 3.41. The molecule has 1 aliphatic carbocycles. The maximum atomic E-state index is 12.8. The molecule has 1 heterocycles. The molecule has 0 atom stereocenters. The SMILES string of the molecule is CC(C)(C)OC(=O)NC1CCC(N(C(=O)O)c2cc(C=CCCn3cnc4cc(C=O)ccc43)ccc2-c2ccccc2)CC1. The number of ether oxygens (including phenoxy) is 1. The van der Waals surface area contributed by atoms with Crippen molar-refractivity contribution in [2.24, 2.45) is 0 Å². The third-order valence-corrected chi connectivity index (χ3v) is 7.98. The van der Waals surface area contributed by atoms with Crippen LogP contribution in [-0.4, -0.2) is 50.8 Å². The average molecular weight is 609 g/mol. The zero-order valence-electron chi connectivity index (χ0n) is 26.0. The first-order chi connectivity index (χ1) is 21.6. The first-order valence-electron chi connectivity index (χ1n) is 15.4. The van der Waals surface area contributed by atoms with Gasteiger partial charge in [-0.2, -0.15) is 0 Å². The second-order valence-electron chi connectivity index (χ2n) is 12.4. The summed E-state index contributed by atoms with van der Waals surface area (Å²) in [6.45, 7) is 6.20. The number of carbonyl (C=O) groups is 3. The second-order valence-corrected chi connectivity index (χ2v) is 12.4. The fourth-order valence-corrected chi connectivity index (χ4v) is 5.89. The van der Waals surface area contributed by atoms with Crippen LogP contribution in [0.15, 0.2) is 79.1 Å². The van der Waals surface area contributed by atoms with Crippen molar-refractivity contribution < 1.29 is 24.2 Å². The van der Waals surface area contributed by atoms with Crippen LogP contribution < -0.4 is 10.2 Å². The number of carboxylic acid groups (broad SMARTS) is 1. The monoisotopic (exact) mass is 608 g/mol. The molecule has 4 aromatic rings. The third-order valence-electron chi connectivity index (χ3n) is 7.98. The smallest absolute Gasteiger partial charge is 0.412 e. The van der Waals surface area contributed by atoms with Crippen molar-refractivity contribution in [3.8, 4) is 11.1 Å². The normalized spacial score (nSPS) is 16.9. The summed E-state index contributed by atoms with van der Waals surface area (Å²) >= 11 is 0. The molecule has 234 valence electrons. The molecule has 1 fully saturated rings. The Morgan fingerprint density at radius 3 is 2.44 bits per heavy atom. The first-order valence-corrected chi connectivity index (χ1v) is 15.4. The minimum Gasteiger partial charge on any atom is -0.465 e. The number of rotatable bonds is 9. The summed E-state index contributed by atoms with van der Waals surface area (Å²) in [6.07, 6.45) is 8.55. The van der Waals surface area contributed by atoms with E-state index in [9.17, 15) is 19.5 Å². The summed E-state index contributed by atoms with van der Waals surface area (Å²) in [5.74, 6) is 0. The molecule has 3 aromatic carbocycles. The van der Waals surface area contributed by atoms with Gasteiger partial charge < -0.3 is 19.7 Å². The number of benzene rings is 3. The van der Waals surface area contributed by atoms with Gasteiger partial charge in [-0.25, -0.2) is 14.6 Å². The number of fused-ring (bicyclic) bond motifs is 1. The van der Waals surface area contributed by atoms with Crippen molar-refractivity contribution in [1.29, 1.82) is 0 Å². The highest BCUT2D eigenvalue weighted by Crippen LogP contribution is 2.36. The molecular weight excluding hydrogens is 568 g/mol. The van der Waals surface area contributed by atoms with E-state index in [1.54, 1.807) is 18.5 Å². The number of hydrogen-bond acceptors (Lipinski definition) is 5. The van der Waals surface area contributed by atoms with Gasteiger partial charge in [0.2, 0.25) is 0 Å². The van der Waals surface area contributed by atoms with Crippen molar-refractivity contribution in [2.45, 2.75) is 77.1 Å². The molecule has 0 saturated heterocycles. The van der Waals surface area contributed by atoms with Gasteiger partial charge in [0.25, 0.3) is 0 Å². The van der Waals surface area contributed by atoms with E-state index in [1.165, 1.54) is 4.90 Å². The van der Waals surface area contributed by atoms with Crippen LogP contribution in [0.5, 0.6) is 0 Å². The number of amides is 2. The fourth-order valence-electron chi connectivity index (χ4n) is 5.89. The topological polar surface area (TPSA) is 114 Å². The largest absolute Gasteiger partial charge is 0.465 e. The van der Waals surface area contributed by atoms with Crippen LogP contribution >= 0.6 is 0 Å². The van der Waals surface area contributed by atoms with Crippen LogP contribution in [0.1, 0.15) is 68.8 Å². The lowest BCUT2D eigenvalue weighted by molar-refractivity contribution is 0.0490. The summed E-state index contributed by atoms with van der Waals surface area (Å²) in [4.78, 5) is 42.2. The molecule has 0 radical (unpaired) electrons. The van der Waals surface area contributed by atoms with Gasteiger partial charge in [0, 0.05) is 29.8 Å². The Morgan fingerprint density at radius 1 is 1.02 bits per heavy atom. The number of carbonyl (C=O) groups excluding carboxylic acids is 2. The van der Waals surface area contributed by atoms with E-state index in [1.807, 2.05) is 81.4 Å². The Bertz CT molecular complexity index is 1680. The number of alkyl carbamates (subject to hydrolysis) is 1. The van der Waals surface area contributed by atoms with Crippen LogP contribution in [0.4, 0.5) is 15.3 Å². The van der Waals surface area contributed by atoms with Gasteiger partial charge in [-0.15, -0.1) is 0 Å². The Labute approximate surface area is 263 Å². The number of hydrogen-bond donors (Lipinski definition) is 2. The summed E-state index contributed by atoms with van der Waals surface area (Å²) in [7, 11) is 0. The molecule has 45 heavy (non-hydrogen) atoms. The highest BCUT2D eigenvalue weighted by atomic mass is 16.6. The predicted octanol–water partition coefficient (Wildman–Crippen LogP) is 7.94. The fraction of sp³-hybridized carbons (Fsp3) is 0.333. The van der Waals surface area contributed by atoms with Crippen molar-refractivity contribution >= 4 is 41.3 Å². The number of aromatic nitrogens is 2. The zero-order valence-corrected chi connectivity index (χ0v) is 26.0. The molecule has 0 unspecified atom stereocenters. The number of anilines is 1. The minimum absolute atomic E-state index is 0.0608. The van der Waals surface area contributed by atoms with Crippen LogP contribution in [0.2, 0.25) is 0 Å². The molecule has 0 bridgehead atoms. The van der Waals surface area contributed by atoms with Gasteiger partial charge in [0.1, 0.15) is 11.9 Å². The Kier molecular flexibility index (Phi) is 9.66. The molecule has 2 amide bonds. The maximum Gasteiger partial charge on any atom is 0.412 e. The molecule has 0 aliphatic heterocycles. The van der Waals surface area contributed by atoms with Crippen LogP contribution in [0, 0.1) is 0 Å². The van der Waals surface area contributed by atoms with Crippen LogP contribution in [0.3, 0.4) is 0 Å². The Hall–Kier alpha value is -4.92. The van der Waals surface area contributed by atoms with E-state index in [0.717, 1.165) is 40.4 Å². The molecule has 2 N–H and O–H groups in total. The van der Waals surface area contributed by atoms with E-state index in [-0.39, 0.29) is 12.1 Å². The van der Waals surface area contributed by atoms with Crippen LogP contribution in [0.25, 0.3) is 28.2 Å². The molecule has 0 spiro atoms. The lowest BCUT2D eigenvalue weighted by atomic mass is 9.89. The lowest BCUT2D eigenvalue weighted by Crippen LogP contribution is -2.47. The molecule has 9 heteroatoms. The van der Waals surface area contributed by atoms with Gasteiger partial charge in [-0.3, -0.25) is 9.69 Å². The minimum atomic E-state index is -0.999. The van der Waals surface area contributed by atoms with Gasteiger partial charge >= 0.3 is 12.2 Å². The predicted molar refractivity (Wildman–Crippen MR) is 177 cm³/mol. The van der Waals surface area contributed by atoms with Gasteiger partial charge in [0.05, 0.1) is 23.0 Å². The Balaban J connectivity index is 1.33. The first kappa shape index (κ1) is 31.5. The van der Waals surface area contributed by atoms with Crippen LogP contribution in [-0.2, 0) is 11.3 Å². The van der Waals surface area contributed by atoms with Crippen molar-refractivity contribution in [2.75, 3.05) is 4.90 Å².